The molecule has 0 radical (unpaired) electrons. The summed E-state index contributed by atoms with van der Waals surface area (Å²) in [6.45, 7) is 4.08. The van der Waals surface area contributed by atoms with Gasteiger partial charge in [-0.15, -0.1) is 13.2 Å². The number of halogens is 4. The van der Waals surface area contributed by atoms with Gasteiger partial charge in [-0.3, -0.25) is 9.80 Å². The molecule has 8 heteroatoms. The standard InChI is InChI=1S/C20H19F4N3O/c21-19-6-3-16(12-25)11-17(19)14-27-9-7-26(8-10-27)13-15-1-4-18(5-2-15)28-20(22,23)24/h1-6,11H,7-10,13-14H2. The van der Waals surface area contributed by atoms with Crippen molar-refractivity contribution in [2.75, 3.05) is 26.2 Å². The first-order chi connectivity index (χ1) is 13.3. The van der Waals surface area contributed by atoms with Crippen molar-refractivity contribution < 1.29 is 22.3 Å². The Morgan fingerprint density at radius 3 is 2.11 bits per heavy atom. The minimum absolute atomic E-state index is 0.234. The molecule has 0 aliphatic carbocycles. The Hall–Kier alpha value is -2.63. The number of nitrogens with zero attached hydrogens (tertiary/aromatic N) is 3. The Labute approximate surface area is 160 Å². The number of nitriles is 1. The zero-order valence-electron chi connectivity index (χ0n) is 15.0. The Kier molecular flexibility index (Phi) is 6.17. The summed E-state index contributed by atoms with van der Waals surface area (Å²) >= 11 is 0. The van der Waals surface area contributed by atoms with Crippen LogP contribution in [0.25, 0.3) is 0 Å². The lowest BCUT2D eigenvalue weighted by molar-refractivity contribution is -0.274. The van der Waals surface area contributed by atoms with Gasteiger partial charge in [0.25, 0.3) is 0 Å². The zero-order chi connectivity index (χ0) is 20.1. The number of alkyl halides is 3. The van der Waals surface area contributed by atoms with E-state index in [0.29, 0.717) is 24.2 Å². The van der Waals surface area contributed by atoms with Gasteiger partial charge in [-0.05, 0) is 35.9 Å². The van der Waals surface area contributed by atoms with Gasteiger partial charge in [0, 0.05) is 44.8 Å². The summed E-state index contributed by atoms with van der Waals surface area (Å²) in [5, 5.41) is 8.95. The van der Waals surface area contributed by atoms with Gasteiger partial charge in [-0.1, -0.05) is 12.1 Å². The van der Waals surface area contributed by atoms with Gasteiger partial charge in [0.05, 0.1) is 11.6 Å². The fourth-order valence-electron chi connectivity index (χ4n) is 3.17. The average Bonchev–Trinajstić information content (AvgIpc) is 2.65. The molecular formula is C20H19F4N3O. The number of hydrogen-bond acceptors (Lipinski definition) is 4. The molecule has 1 saturated heterocycles. The highest BCUT2D eigenvalue weighted by molar-refractivity contribution is 5.33. The van der Waals surface area contributed by atoms with Crippen molar-refractivity contribution >= 4 is 0 Å². The highest BCUT2D eigenvalue weighted by Gasteiger charge is 2.31. The van der Waals surface area contributed by atoms with Crippen LogP contribution in [-0.4, -0.2) is 42.3 Å². The van der Waals surface area contributed by atoms with Gasteiger partial charge in [0.2, 0.25) is 0 Å². The second-order valence-corrected chi connectivity index (χ2v) is 6.66. The summed E-state index contributed by atoms with van der Waals surface area (Å²) in [6, 6.07) is 12.2. The summed E-state index contributed by atoms with van der Waals surface area (Å²) in [6.07, 6.45) is -4.69. The normalized spacial score (nSPS) is 16.0. The van der Waals surface area contributed by atoms with Crippen LogP contribution in [0.5, 0.6) is 5.75 Å². The topological polar surface area (TPSA) is 39.5 Å². The fraction of sp³-hybridized carbons (Fsp3) is 0.350. The lowest BCUT2D eigenvalue weighted by atomic mass is 10.1. The smallest absolute Gasteiger partial charge is 0.406 e. The molecule has 1 aliphatic heterocycles. The number of benzene rings is 2. The summed E-state index contributed by atoms with van der Waals surface area (Å²) in [7, 11) is 0. The summed E-state index contributed by atoms with van der Waals surface area (Å²) in [4.78, 5) is 4.31. The maximum absolute atomic E-state index is 13.9. The molecule has 0 aromatic heterocycles. The summed E-state index contributed by atoms with van der Waals surface area (Å²) in [5.74, 6) is -0.551. The van der Waals surface area contributed by atoms with Crippen molar-refractivity contribution in [3.05, 3.63) is 65.0 Å². The lowest BCUT2D eigenvalue weighted by Gasteiger charge is -2.34. The SMILES string of the molecule is N#Cc1ccc(F)c(CN2CCN(Cc3ccc(OC(F)(F)F)cc3)CC2)c1. The molecule has 0 amide bonds. The number of rotatable bonds is 5. The van der Waals surface area contributed by atoms with E-state index >= 15 is 0 Å². The Morgan fingerprint density at radius 2 is 1.54 bits per heavy atom. The molecule has 2 aromatic carbocycles. The lowest BCUT2D eigenvalue weighted by Crippen LogP contribution is -2.45. The van der Waals surface area contributed by atoms with Crippen LogP contribution in [0.4, 0.5) is 17.6 Å². The highest BCUT2D eigenvalue weighted by Crippen LogP contribution is 2.23. The molecule has 0 N–H and O–H groups in total. The van der Waals surface area contributed by atoms with E-state index in [0.717, 1.165) is 31.7 Å². The van der Waals surface area contributed by atoms with E-state index in [1.54, 1.807) is 18.2 Å². The average molecular weight is 393 g/mol. The van der Waals surface area contributed by atoms with Gasteiger partial charge in [-0.25, -0.2) is 4.39 Å². The van der Waals surface area contributed by atoms with Gasteiger partial charge in [-0.2, -0.15) is 5.26 Å². The summed E-state index contributed by atoms with van der Waals surface area (Å²) in [5.41, 5.74) is 1.84. The van der Waals surface area contributed by atoms with Crippen molar-refractivity contribution in [1.82, 2.24) is 9.80 Å². The van der Waals surface area contributed by atoms with Crippen molar-refractivity contribution in [2.24, 2.45) is 0 Å². The van der Waals surface area contributed by atoms with Crippen LogP contribution >= 0.6 is 0 Å². The van der Waals surface area contributed by atoms with Gasteiger partial charge >= 0.3 is 6.36 Å². The van der Waals surface area contributed by atoms with Crippen molar-refractivity contribution in [3.8, 4) is 11.8 Å². The first kappa shape index (κ1) is 20.1. The zero-order valence-corrected chi connectivity index (χ0v) is 15.0. The van der Waals surface area contributed by atoms with E-state index in [9.17, 15) is 17.6 Å². The van der Waals surface area contributed by atoms with Gasteiger partial charge in [0.15, 0.2) is 0 Å². The monoisotopic (exact) mass is 393 g/mol. The van der Waals surface area contributed by atoms with Crippen LogP contribution < -0.4 is 4.74 Å². The van der Waals surface area contributed by atoms with Crippen LogP contribution in [0.15, 0.2) is 42.5 Å². The fourth-order valence-corrected chi connectivity index (χ4v) is 3.17. The highest BCUT2D eigenvalue weighted by atomic mass is 19.4. The maximum Gasteiger partial charge on any atom is 0.573 e. The molecule has 28 heavy (non-hydrogen) atoms. The molecule has 0 saturated carbocycles. The number of hydrogen-bond donors (Lipinski definition) is 0. The Balaban J connectivity index is 1.50. The van der Waals surface area contributed by atoms with E-state index in [2.05, 4.69) is 14.5 Å². The number of piperazine rings is 1. The third-order valence-electron chi connectivity index (χ3n) is 4.60. The second-order valence-electron chi connectivity index (χ2n) is 6.66. The largest absolute Gasteiger partial charge is 0.573 e. The van der Waals surface area contributed by atoms with E-state index in [4.69, 9.17) is 5.26 Å². The molecule has 1 fully saturated rings. The van der Waals surface area contributed by atoms with Crippen LogP contribution in [0.3, 0.4) is 0 Å². The third-order valence-corrected chi connectivity index (χ3v) is 4.60. The molecule has 0 unspecified atom stereocenters. The van der Waals surface area contributed by atoms with Crippen LogP contribution in [0, 0.1) is 17.1 Å². The molecule has 1 aliphatic rings. The minimum atomic E-state index is -4.69. The third kappa shape index (κ3) is 5.68. The van der Waals surface area contributed by atoms with E-state index in [-0.39, 0.29) is 11.6 Å². The maximum atomic E-state index is 13.9. The van der Waals surface area contributed by atoms with Crippen molar-refractivity contribution in [2.45, 2.75) is 19.5 Å². The van der Waals surface area contributed by atoms with Crippen molar-refractivity contribution in [1.29, 1.82) is 5.26 Å². The molecule has 4 nitrogen and oxygen atoms in total. The first-order valence-corrected chi connectivity index (χ1v) is 8.80. The molecule has 0 bridgehead atoms. The van der Waals surface area contributed by atoms with Crippen LogP contribution in [-0.2, 0) is 13.1 Å². The Morgan fingerprint density at radius 1 is 0.929 bits per heavy atom. The Bertz CT molecular complexity index is 838. The molecule has 0 atom stereocenters. The molecular weight excluding hydrogens is 374 g/mol. The van der Waals surface area contributed by atoms with E-state index < -0.39 is 6.36 Å². The van der Waals surface area contributed by atoms with E-state index in [1.165, 1.54) is 24.3 Å². The summed E-state index contributed by atoms with van der Waals surface area (Å²) < 4.78 is 54.4. The van der Waals surface area contributed by atoms with Crippen LogP contribution in [0.2, 0.25) is 0 Å². The molecule has 148 valence electrons. The second kappa shape index (κ2) is 8.59. The molecule has 2 aromatic rings. The predicted octanol–water partition coefficient (Wildman–Crippen LogP) is 3.91. The predicted molar refractivity (Wildman–Crippen MR) is 94.8 cm³/mol. The molecule has 0 spiro atoms. The minimum Gasteiger partial charge on any atom is -0.406 e. The molecule has 3 rings (SSSR count). The van der Waals surface area contributed by atoms with Crippen molar-refractivity contribution in [3.63, 3.8) is 0 Å². The number of ether oxygens (including phenoxy) is 1. The quantitative estimate of drug-likeness (QED) is 0.722. The van der Waals surface area contributed by atoms with Gasteiger partial charge < -0.3 is 4.74 Å². The van der Waals surface area contributed by atoms with Gasteiger partial charge in [0.1, 0.15) is 11.6 Å². The molecule has 1 heterocycles. The van der Waals surface area contributed by atoms with E-state index in [1.807, 2.05) is 6.07 Å². The van der Waals surface area contributed by atoms with Crippen LogP contribution in [0.1, 0.15) is 16.7 Å². The first-order valence-electron chi connectivity index (χ1n) is 8.80.